The zero-order valence-electron chi connectivity index (χ0n) is 9.12. The van der Waals surface area contributed by atoms with Crippen molar-refractivity contribution in [2.24, 2.45) is 0 Å². The Hall–Kier alpha value is -0.380. The van der Waals surface area contributed by atoms with Crippen LogP contribution in [0.2, 0.25) is 0 Å². The first kappa shape index (κ1) is 11.7. The van der Waals surface area contributed by atoms with Crippen molar-refractivity contribution in [3.05, 3.63) is 22.4 Å². The molecule has 0 fully saturated rings. The van der Waals surface area contributed by atoms with Crippen LogP contribution >= 0.6 is 11.3 Å². The summed E-state index contributed by atoms with van der Waals surface area (Å²) >= 11 is 1.79. The van der Waals surface area contributed by atoms with Crippen molar-refractivity contribution >= 4 is 11.3 Å². The molecule has 80 valence electrons. The molecule has 0 saturated carbocycles. The van der Waals surface area contributed by atoms with E-state index in [4.69, 9.17) is 4.74 Å². The molecule has 0 aromatic carbocycles. The molecule has 0 spiro atoms. The topological polar surface area (TPSA) is 21.3 Å². The summed E-state index contributed by atoms with van der Waals surface area (Å²) in [6.07, 6.45) is 0. The minimum Gasteiger partial charge on any atom is -0.380 e. The van der Waals surface area contributed by atoms with Crippen molar-refractivity contribution < 1.29 is 4.74 Å². The minimum atomic E-state index is 0.409. The summed E-state index contributed by atoms with van der Waals surface area (Å²) < 4.78 is 5.35. The molecule has 1 N–H and O–H groups in total. The van der Waals surface area contributed by atoms with E-state index in [1.54, 1.807) is 11.3 Å². The second-order valence-corrected chi connectivity index (χ2v) is 4.44. The minimum absolute atomic E-state index is 0.409. The van der Waals surface area contributed by atoms with E-state index in [2.05, 4.69) is 36.7 Å². The fourth-order valence-electron chi connectivity index (χ4n) is 1.39. The molecular formula is C11H19NOS. The van der Waals surface area contributed by atoms with Crippen LogP contribution in [-0.2, 0) is 4.74 Å². The van der Waals surface area contributed by atoms with E-state index >= 15 is 0 Å². The Bertz CT molecular complexity index is 235. The summed E-state index contributed by atoms with van der Waals surface area (Å²) in [7, 11) is 0. The fraction of sp³-hybridized carbons (Fsp3) is 0.636. The fourth-order valence-corrected chi connectivity index (χ4v) is 2.13. The maximum Gasteiger partial charge on any atom is 0.0616 e. The molecule has 1 aromatic rings. The van der Waals surface area contributed by atoms with Crippen LogP contribution in [0.3, 0.4) is 0 Å². The lowest BCUT2D eigenvalue weighted by molar-refractivity contribution is 0.124. The normalized spacial score (nSPS) is 15.4. The number of rotatable bonds is 6. The van der Waals surface area contributed by atoms with Crippen LogP contribution in [0.1, 0.15) is 31.7 Å². The summed E-state index contributed by atoms with van der Waals surface area (Å²) in [5, 5.41) is 5.61. The summed E-state index contributed by atoms with van der Waals surface area (Å²) in [5.74, 6) is 0. The van der Waals surface area contributed by atoms with E-state index in [1.165, 1.54) is 4.88 Å². The average molecular weight is 213 g/mol. The largest absolute Gasteiger partial charge is 0.380 e. The zero-order valence-corrected chi connectivity index (χ0v) is 9.93. The molecule has 0 saturated heterocycles. The molecule has 2 atom stereocenters. The van der Waals surface area contributed by atoms with Gasteiger partial charge in [0, 0.05) is 23.6 Å². The van der Waals surface area contributed by atoms with E-state index in [-0.39, 0.29) is 0 Å². The van der Waals surface area contributed by atoms with Crippen molar-refractivity contribution in [3.8, 4) is 0 Å². The van der Waals surface area contributed by atoms with E-state index < -0.39 is 0 Å². The molecule has 0 amide bonds. The van der Waals surface area contributed by atoms with Gasteiger partial charge in [-0.15, -0.1) is 11.3 Å². The van der Waals surface area contributed by atoms with Gasteiger partial charge in [-0.3, -0.25) is 0 Å². The number of thiophene rings is 1. The van der Waals surface area contributed by atoms with Crippen molar-refractivity contribution in [2.75, 3.05) is 13.2 Å². The van der Waals surface area contributed by atoms with Gasteiger partial charge in [0.15, 0.2) is 0 Å². The van der Waals surface area contributed by atoms with Crippen LogP contribution < -0.4 is 5.32 Å². The summed E-state index contributed by atoms with van der Waals surface area (Å²) in [5.41, 5.74) is 0. The highest BCUT2D eigenvalue weighted by atomic mass is 32.1. The van der Waals surface area contributed by atoms with E-state index in [0.29, 0.717) is 12.1 Å². The second-order valence-electron chi connectivity index (χ2n) is 3.46. The van der Waals surface area contributed by atoms with Gasteiger partial charge < -0.3 is 10.1 Å². The highest BCUT2D eigenvalue weighted by molar-refractivity contribution is 7.10. The molecule has 14 heavy (non-hydrogen) atoms. The Morgan fingerprint density at radius 1 is 1.50 bits per heavy atom. The molecule has 3 heteroatoms. The Balaban J connectivity index is 2.29. The van der Waals surface area contributed by atoms with E-state index in [9.17, 15) is 0 Å². The highest BCUT2D eigenvalue weighted by Crippen LogP contribution is 2.18. The van der Waals surface area contributed by atoms with Crippen LogP contribution in [0.5, 0.6) is 0 Å². The van der Waals surface area contributed by atoms with Gasteiger partial charge in [0.2, 0.25) is 0 Å². The van der Waals surface area contributed by atoms with Gasteiger partial charge in [0.25, 0.3) is 0 Å². The first-order chi connectivity index (χ1) is 6.74. The van der Waals surface area contributed by atoms with Crippen LogP contribution in [0, 0.1) is 0 Å². The summed E-state index contributed by atoms with van der Waals surface area (Å²) in [6.45, 7) is 7.94. The molecule has 0 aliphatic carbocycles. The molecular weight excluding hydrogens is 194 g/mol. The summed E-state index contributed by atoms with van der Waals surface area (Å²) in [4.78, 5) is 1.38. The molecule has 0 aliphatic heterocycles. The lowest BCUT2D eigenvalue weighted by atomic mass is 10.2. The molecule has 0 radical (unpaired) electrons. The Labute approximate surface area is 90.3 Å². The number of hydrogen-bond acceptors (Lipinski definition) is 3. The molecule has 2 unspecified atom stereocenters. The SMILES string of the molecule is CCOCC(C)NC(C)c1cccs1. The van der Waals surface area contributed by atoms with Crippen molar-refractivity contribution in [1.29, 1.82) is 0 Å². The van der Waals surface area contributed by atoms with E-state index in [1.807, 2.05) is 6.92 Å². The molecule has 2 nitrogen and oxygen atoms in total. The standard InChI is InChI=1S/C11H19NOS/c1-4-13-8-9(2)12-10(3)11-6-5-7-14-11/h5-7,9-10,12H,4,8H2,1-3H3. The third-order valence-corrected chi connectivity index (χ3v) is 3.13. The van der Waals surface area contributed by atoms with Gasteiger partial charge in [0.05, 0.1) is 6.61 Å². The maximum atomic E-state index is 5.35. The van der Waals surface area contributed by atoms with Gasteiger partial charge >= 0.3 is 0 Å². The van der Waals surface area contributed by atoms with Crippen LogP contribution in [0.25, 0.3) is 0 Å². The van der Waals surface area contributed by atoms with Gasteiger partial charge in [0.1, 0.15) is 0 Å². The van der Waals surface area contributed by atoms with Gasteiger partial charge in [-0.05, 0) is 32.2 Å². The predicted molar refractivity (Wildman–Crippen MR) is 61.8 cm³/mol. The molecule has 1 heterocycles. The quantitative estimate of drug-likeness (QED) is 0.784. The van der Waals surface area contributed by atoms with Crippen molar-refractivity contribution in [3.63, 3.8) is 0 Å². The van der Waals surface area contributed by atoms with E-state index in [0.717, 1.165) is 13.2 Å². The van der Waals surface area contributed by atoms with Crippen molar-refractivity contribution in [2.45, 2.75) is 32.9 Å². The summed E-state index contributed by atoms with van der Waals surface area (Å²) in [6, 6.07) is 5.08. The maximum absolute atomic E-state index is 5.35. The third-order valence-electron chi connectivity index (χ3n) is 2.08. The highest BCUT2D eigenvalue weighted by Gasteiger charge is 2.09. The smallest absolute Gasteiger partial charge is 0.0616 e. The Kier molecular flexibility index (Phi) is 5.15. The molecule has 1 rings (SSSR count). The number of nitrogens with one attached hydrogen (secondary N) is 1. The van der Waals surface area contributed by atoms with Gasteiger partial charge in [-0.25, -0.2) is 0 Å². The van der Waals surface area contributed by atoms with Crippen LogP contribution in [-0.4, -0.2) is 19.3 Å². The van der Waals surface area contributed by atoms with Crippen LogP contribution in [0.4, 0.5) is 0 Å². The number of hydrogen-bond donors (Lipinski definition) is 1. The number of ether oxygens (including phenoxy) is 1. The first-order valence-electron chi connectivity index (χ1n) is 5.11. The zero-order chi connectivity index (χ0) is 10.4. The molecule has 0 aliphatic rings. The lowest BCUT2D eigenvalue weighted by Gasteiger charge is -2.18. The lowest BCUT2D eigenvalue weighted by Crippen LogP contribution is -2.32. The molecule has 1 aromatic heterocycles. The second kappa shape index (κ2) is 6.17. The average Bonchev–Trinajstić information content (AvgIpc) is 2.67. The Morgan fingerprint density at radius 3 is 2.86 bits per heavy atom. The Morgan fingerprint density at radius 2 is 2.29 bits per heavy atom. The predicted octanol–water partition coefficient (Wildman–Crippen LogP) is 2.82. The molecule has 0 bridgehead atoms. The van der Waals surface area contributed by atoms with Crippen LogP contribution in [0.15, 0.2) is 17.5 Å². The monoisotopic (exact) mass is 213 g/mol. The van der Waals surface area contributed by atoms with Gasteiger partial charge in [-0.2, -0.15) is 0 Å². The van der Waals surface area contributed by atoms with Crippen molar-refractivity contribution in [1.82, 2.24) is 5.32 Å². The third kappa shape index (κ3) is 3.78. The first-order valence-corrected chi connectivity index (χ1v) is 5.99. The van der Waals surface area contributed by atoms with Gasteiger partial charge in [-0.1, -0.05) is 6.07 Å².